The number of nitrogens with one attached hydrogen (secondary N) is 1. The SMILES string of the molecule is N#CCCN(CCc1ccccc1)C(=S)NC(=O)c1ccccc1OCCOc1ccccc1. The van der Waals surface area contributed by atoms with Crippen LogP contribution in [0.25, 0.3) is 0 Å². The normalized spacial score (nSPS) is 10.1. The van der Waals surface area contributed by atoms with Crippen molar-refractivity contribution in [1.82, 2.24) is 10.2 Å². The summed E-state index contributed by atoms with van der Waals surface area (Å²) in [5.41, 5.74) is 1.54. The molecule has 1 N–H and O–H groups in total. The topological polar surface area (TPSA) is 74.6 Å². The summed E-state index contributed by atoms with van der Waals surface area (Å²) in [7, 11) is 0. The zero-order valence-corrected chi connectivity index (χ0v) is 19.7. The Morgan fingerprint density at radius 2 is 1.53 bits per heavy atom. The summed E-state index contributed by atoms with van der Waals surface area (Å²) in [6.45, 7) is 1.67. The molecule has 7 heteroatoms. The minimum absolute atomic E-state index is 0.287. The molecule has 34 heavy (non-hydrogen) atoms. The highest BCUT2D eigenvalue weighted by molar-refractivity contribution is 7.80. The Morgan fingerprint density at radius 1 is 0.882 bits per heavy atom. The fraction of sp³-hybridized carbons (Fsp3) is 0.222. The van der Waals surface area contributed by atoms with Gasteiger partial charge in [0, 0.05) is 13.1 Å². The van der Waals surface area contributed by atoms with Crippen LogP contribution >= 0.6 is 12.2 Å². The van der Waals surface area contributed by atoms with Gasteiger partial charge in [-0.15, -0.1) is 0 Å². The number of hydrogen-bond donors (Lipinski definition) is 1. The molecule has 3 aromatic carbocycles. The zero-order chi connectivity index (χ0) is 24.0. The second kappa shape index (κ2) is 13.6. The number of amides is 1. The molecule has 174 valence electrons. The molecule has 0 atom stereocenters. The van der Waals surface area contributed by atoms with E-state index in [1.54, 1.807) is 18.2 Å². The third kappa shape index (κ3) is 7.91. The Bertz CT molecular complexity index is 1100. The number of carbonyl (C=O) groups excluding carboxylic acids is 1. The Balaban J connectivity index is 1.56. The quantitative estimate of drug-likeness (QED) is 0.324. The van der Waals surface area contributed by atoms with E-state index >= 15 is 0 Å². The van der Waals surface area contributed by atoms with Gasteiger partial charge in [-0.1, -0.05) is 60.7 Å². The predicted octanol–water partition coefficient (Wildman–Crippen LogP) is 4.62. The van der Waals surface area contributed by atoms with E-state index in [4.69, 9.17) is 27.0 Å². The van der Waals surface area contributed by atoms with Crippen LogP contribution < -0.4 is 14.8 Å². The van der Waals surface area contributed by atoms with Gasteiger partial charge >= 0.3 is 0 Å². The Hall–Kier alpha value is -3.89. The third-order valence-corrected chi connectivity index (χ3v) is 5.36. The predicted molar refractivity (Wildman–Crippen MR) is 136 cm³/mol. The van der Waals surface area contributed by atoms with E-state index in [-0.39, 0.29) is 12.5 Å². The lowest BCUT2D eigenvalue weighted by atomic mass is 10.1. The molecule has 0 saturated carbocycles. The lowest BCUT2D eigenvalue weighted by Crippen LogP contribution is -2.44. The lowest BCUT2D eigenvalue weighted by Gasteiger charge is -2.24. The number of nitriles is 1. The molecule has 0 radical (unpaired) electrons. The first-order chi connectivity index (χ1) is 16.7. The highest BCUT2D eigenvalue weighted by Gasteiger charge is 2.17. The van der Waals surface area contributed by atoms with Crippen LogP contribution in [0.2, 0.25) is 0 Å². The minimum Gasteiger partial charge on any atom is -0.490 e. The molecule has 3 aromatic rings. The van der Waals surface area contributed by atoms with Crippen molar-refractivity contribution in [2.45, 2.75) is 12.8 Å². The van der Waals surface area contributed by atoms with Crippen molar-refractivity contribution < 1.29 is 14.3 Å². The average molecular weight is 474 g/mol. The number of hydrogen-bond acceptors (Lipinski definition) is 5. The van der Waals surface area contributed by atoms with E-state index in [1.807, 2.05) is 71.6 Å². The van der Waals surface area contributed by atoms with E-state index in [1.165, 1.54) is 0 Å². The van der Waals surface area contributed by atoms with Gasteiger partial charge in [-0.05, 0) is 48.5 Å². The standard InChI is InChI=1S/C27H27N3O3S/c28-17-9-18-30(19-16-22-10-3-1-4-11-22)27(34)29-26(31)24-14-7-8-15-25(24)33-21-20-32-23-12-5-2-6-13-23/h1-8,10-15H,9,16,18-21H2,(H,29,31,34). The molecule has 0 aromatic heterocycles. The molecule has 0 aliphatic carbocycles. The average Bonchev–Trinajstić information content (AvgIpc) is 2.88. The van der Waals surface area contributed by atoms with Gasteiger partial charge in [0.15, 0.2) is 5.11 Å². The summed E-state index contributed by atoms with van der Waals surface area (Å²) >= 11 is 5.51. The number of benzene rings is 3. The van der Waals surface area contributed by atoms with E-state index in [0.29, 0.717) is 42.5 Å². The van der Waals surface area contributed by atoms with Crippen molar-refractivity contribution >= 4 is 23.2 Å². The van der Waals surface area contributed by atoms with Gasteiger partial charge in [0.25, 0.3) is 5.91 Å². The molecule has 0 aliphatic heterocycles. The van der Waals surface area contributed by atoms with Crippen LogP contribution in [0.5, 0.6) is 11.5 Å². The van der Waals surface area contributed by atoms with Gasteiger partial charge in [0.05, 0.1) is 18.1 Å². The summed E-state index contributed by atoms with van der Waals surface area (Å²) in [5.74, 6) is 0.856. The van der Waals surface area contributed by atoms with E-state index in [0.717, 1.165) is 17.7 Å². The fourth-order valence-electron chi connectivity index (χ4n) is 3.26. The number of thiocarbonyl (C=S) groups is 1. The lowest BCUT2D eigenvalue weighted by molar-refractivity contribution is 0.0968. The molecule has 0 aliphatic rings. The number of nitrogens with zero attached hydrogens (tertiary/aromatic N) is 2. The van der Waals surface area contributed by atoms with Crippen molar-refractivity contribution in [3.05, 3.63) is 96.1 Å². The highest BCUT2D eigenvalue weighted by Crippen LogP contribution is 2.18. The van der Waals surface area contributed by atoms with Crippen LogP contribution in [-0.4, -0.2) is 42.2 Å². The maximum atomic E-state index is 13.0. The summed E-state index contributed by atoms with van der Waals surface area (Å²) in [4.78, 5) is 14.8. The first-order valence-corrected chi connectivity index (χ1v) is 11.5. The molecule has 0 saturated heterocycles. The maximum absolute atomic E-state index is 13.0. The Labute approximate surface area is 205 Å². The second-order valence-corrected chi connectivity index (χ2v) is 7.78. The monoisotopic (exact) mass is 473 g/mol. The van der Waals surface area contributed by atoms with Crippen LogP contribution in [0.3, 0.4) is 0 Å². The van der Waals surface area contributed by atoms with E-state index < -0.39 is 0 Å². The number of carbonyl (C=O) groups is 1. The zero-order valence-electron chi connectivity index (χ0n) is 18.9. The van der Waals surface area contributed by atoms with E-state index in [2.05, 4.69) is 11.4 Å². The van der Waals surface area contributed by atoms with Gasteiger partial charge in [0.2, 0.25) is 0 Å². The van der Waals surface area contributed by atoms with Gasteiger partial charge in [-0.3, -0.25) is 10.1 Å². The summed E-state index contributed by atoms with van der Waals surface area (Å²) < 4.78 is 11.5. The number of ether oxygens (including phenoxy) is 2. The molecule has 3 rings (SSSR count). The van der Waals surface area contributed by atoms with Gasteiger partial charge < -0.3 is 14.4 Å². The van der Waals surface area contributed by atoms with E-state index in [9.17, 15) is 4.79 Å². The van der Waals surface area contributed by atoms with Crippen molar-refractivity contribution in [2.24, 2.45) is 0 Å². The van der Waals surface area contributed by atoms with Crippen LogP contribution in [0.15, 0.2) is 84.9 Å². The summed E-state index contributed by atoms with van der Waals surface area (Å²) in [5, 5.41) is 12.1. The largest absolute Gasteiger partial charge is 0.490 e. The first kappa shape index (κ1) is 24.7. The highest BCUT2D eigenvalue weighted by atomic mass is 32.1. The maximum Gasteiger partial charge on any atom is 0.261 e. The molecular weight excluding hydrogens is 446 g/mol. The minimum atomic E-state index is -0.355. The molecule has 0 heterocycles. The number of para-hydroxylation sites is 2. The van der Waals surface area contributed by atoms with Crippen molar-refractivity contribution in [3.8, 4) is 17.6 Å². The molecule has 6 nitrogen and oxygen atoms in total. The fourth-order valence-corrected chi connectivity index (χ4v) is 3.54. The van der Waals surface area contributed by atoms with Crippen molar-refractivity contribution in [3.63, 3.8) is 0 Å². The third-order valence-electron chi connectivity index (χ3n) is 5.00. The van der Waals surface area contributed by atoms with Crippen LogP contribution in [0, 0.1) is 11.3 Å². The van der Waals surface area contributed by atoms with Crippen molar-refractivity contribution in [2.75, 3.05) is 26.3 Å². The molecular formula is C27H27N3O3S. The number of rotatable bonds is 11. The van der Waals surface area contributed by atoms with Gasteiger partial charge in [-0.25, -0.2) is 0 Å². The second-order valence-electron chi connectivity index (χ2n) is 7.40. The van der Waals surface area contributed by atoms with Crippen LogP contribution in [0.1, 0.15) is 22.3 Å². The molecule has 0 fully saturated rings. The first-order valence-electron chi connectivity index (χ1n) is 11.1. The van der Waals surface area contributed by atoms with Crippen LogP contribution in [-0.2, 0) is 6.42 Å². The summed E-state index contributed by atoms with van der Waals surface area (Å²) in [6, 6.07) is 28.6. The Morgan fingerprint density at radius 3 is 2.26 bits per heavy atom. The van der Waals surface area contributed by atoms with Gasteiger partial charge in [0.1, 0.15) is 24.7 Å². The molecule has 0 spiro atoms. The molecule has 0 unspecified atom stereocenters. The molecule has 0 bridgehead atoms. The van der Waals surface area contributed by atoms with Crippen molar-refractivity contribution in [1.29, 1.82) is 5.26 Å². The molecule has 1 amide bonds. The smallest absolute Gasteiger partial charge is 0.261 e. The van der Waals surface area contributed by atoms with Crippen LogP contribution in [0.4, 0.5) is 0 Å². The Kier molecular flexibility index (Phi) is 9.91. The van der Waals surface area contributed by atoms with Gasteiger partial charge in [-0.2, -0.15) is 5.26 Å². The summed E-state index contributed by atoms with van der Waals surface area (Å²) in [6.07, 6.45) is 1.06.